The molecule has 7 N–H and O–H groups in total. The number of carbonyl (C=O) groups is 4. The number of nitrogen functional groups attached to an aromatic ring is 1. The van der Waals surface area contributed by atoms with E-state index in [0.29, 0.717) is 11.3 Å². The van der Waals surface area contributed by atoms with Gasteiger partial charge in [-0.1, -0.05) is 5.16 Å². The minimum absolute atomic E-state index is 0.0260. The molecule has 224 valence electrons. The molecule has 1 saturated heterocycles. The van der Waals surface area contributed by atoms with E-state index in [0.717, 1.165) is 35.2 Å². The van der Waals surface area contributed by atoms with E-state index in [1.807, 2.05) is 36.1 Å². The van der Waals surface area contributed by atoms with Gasteiger partial charge in [-0.3, -0.25) is 14.5 Å². The van der Waals surface area contributed by atoms with Crippen molar-refractivity contribution in [3.63, 3.8) is 0 Å². The van der Waals surface area contributed by atoms with Crippen LogP contribution in [0.4, 0.5) is 10.8 Å². The van der Waals surface area contributed by atoms with Crippen LogP contribution in [0, 0.1) is 0 Å². The molecule has 2 aromatic rings. The second kappa shape index (κ2) is 12.7. The van der Waals surface area contributed by atoms with E-state index >= 15 is 0 Å². The van der Waals surface area contributed by atoms with Crippen molar-refractivity contribution in [1.82, 2.24) is 24.9 Å². The average Bonchev–Trinajstić information content (AvgIpc) is 3.37. The quantitative estimate of drug-likeness (QED) is 0.0523. The maximum atomic E-state index is 13.2. The maximum absolute atomic E-state index is 13.2. The molecule has 2 aromatic heterocycles. The van der Waals surface area contributed by atoms with Crippen molar-refractivity contribution in [3.05, 3.63) is 41.6 Å². The number of aliphatic carboxylic acids is 2. The second-order valence-electron chi connectivity index (χ2n) is 9.71. The molecule has 1 fully saturated rings. The molecule has 0 spiro atoms. The zero-order valence-electron chi connectivity index (χ0n) is 22.9. The van der Waals surface area contributed by atoms with Crippen LogP contribution in [0.2, 0.25) is 0 Å². The molecule has 2 aliphatic heterocycles. The molecule has 0 bridgehead atoms. The zero-order valence-corrected chi connectivity index (χ0v) is 24.5. The maximum Gasteiger partial charge on any atom is 0.352 e. The van der Waals surface area contributed by atoms with Gasteiger partial charge in [-0.05, 0) is 20.9 Å². The number of hydrogen-bond acceptors (Lipinski definition) is 13. The predicted octanol–water partition coefficient (Wildman–Crippen LogP) is -0.938. The SMILES string of the molecule is CNCCNc1cc[n+](CC2=C(C(=O)O)N3C(=O)[C@@H](NC(=O)/C(=N\OC(C)(C)C(=O)O)c4nsc(N)n4)C3SC2)cc1. The fourth-order valence-corrected chi connectivity index (χ4v) is 5.73. The summed E-state index contributed by atoms with van der Waals surface area (Å²) < 4.78 is 5.75. The van der Waals surface area contributed by atoms with Gasteiger partial charge in [0.25, 0.3) is 11.8 Å². The normalized spacial score (nSPS) is 18.7. The lowest BCUT2D eigenvalue weighted by atomic mass is 10.0. The van der Waals surface area contributed by atoms with Crippen LogP contribution in [-0.2, 0) is 30.6 Å². The van der Waals surface area contributed by atoms with Crippen LogP contribution >= 0.6 is 23.3 Å². The van der Waals surface area contributed by atoms with Gasteiger partial charge < -0.3 is 36.7 Å². The highest BCUT2D eigenvalue weighted by atomic mass is 32.2. The predicted molar refractivity (Wildman–Crippen MR) is 152 cm³/mol. The first kappa shape index (κ1) is 30.7. The molecule has 2 aliphatic rings. The van der Waals surface area contributed by atoms with E-state index in [9.17, 15) is 29.4 Å². The summed E-state index contributed by atoms with van der Waals surface area (Å²) >= 11 is 2.09. The van der Waals surface area contributed by atoms with Gasteiger partial charge in [0.05, 0.1) is 0 Å². The van der Waals surface area contributed by atoms with Crippen LogP contribution < -0.4 is 26.3 Å². The molecule has 2 amide bonds. The van der Waals surface area contributed by atoms with Crippen molar-refractivity contribution in [1.29, 1.82) is 0 Å². The van der Waals surface area contributed by atoms with Crippen LogP contribution in [0.15, 0.2) is 41.0 Å². The summed E-state index contributed by atoms with van der Waals surface area (Å²) in [6, 6.07) is 2.67. The summed E-state index contributed by atoms with van der Waals surface area (Å²) in [6.45, 7) is 4.26. The Morgan fingerprint density at radius 1 is 1.26 bits per heavy atom. The standard InChI is InChI=1S/C24H29N9O7S2/c1-24(2,22(38)39)40-30-14(17-29-23(25)42-31-17)18(34)28-15-19(35)33-16(21(36)37)12(11-41-20(15)33)10-32-8-4-13(5-9-32)27-7-6-26-3/h4-5,8-9,15,20,26H,6-7,10-11H2,1-3H3,(H5,25,28,29,31,34,36,37,38,39)/p+1/b30-14-/t15-,20?/m1/s1. The molecule has 0 aromatic carbocycles. The Kier molecular flexibility index (Phi) is 9.27. The van der Waals surface area contributed by atoms with Gasteiger partial charge >= 0.3 is 11.9 Å². The van der Waals surface area contributed by atoms with Crippen LogP contribution in [0.3, 0.4) is 0 Å². The molecule has 0 radical (unpaired) electrons. The van der Waals surface area contributed by atoms with E-state index < -0.39 is 46.5 Å². The Labute approximate surface area is 248 Å². The topological polar surface area (TPSA) is 225 Å². The number of carboxylic acid groups (broad SMARTS) is 2. The molecule has 42 heavy (non-hydrogen) atoms. The van der Waals surface area contributed by atoms with Crippen LogP contribution in [-0.4, -0.2) is 96.8 Å². The summed E-state index contributed by atoms with van der Waals surface area (Å²) in [5.74, 6) is -4.05. The van der Waals surface area contributed by atoms with Gasteiger partial charge in [0.2, 0.25) is 17.1 Å². The third kappa shape index (κ3) is 6.60. The number of anilines is 2. The summed E-state index contributed by atoms with van der Waals surface area (Å²) in [7, 11) is 1.86. The van der Waals surface area contributed by atoms with Crippen molar-refractivity contribution in [2.45, 2.75) is 37.4 Å². The second-order valence-corrected chi connectivity index (χ2v) is 11.6. The number of fused-ring (bicyclic) bond motifs is 1. The lowest BCUT2D eigenvalue weighted by molar-refractivity contribution is -0.688. The number of nitrogens with zero attached hydrogens (tertiary/aromatic N) is 5. The average molecular weight is 621 g/mol. The van der Waals surface area contributed by atoms with Crippen LogP contribution in [0.1, 0.15) is 19.7 Å². The van der Waals surface area contributed by atoms with Gasteiger partial charge in [0, 0.05) is 53.8 Å². The number of amides is 2. The monoisotopic (exact) mass is 620 g/mol. The lowest BCUT2D eigenvalue weighted by Crippen LogP contribution is -2.71. The molecule has 16 nitrogen and oxygen atoms in total. The molecule has 18 heteroatoms. The summed E-state index contributed by atoms with van der Waals surface area (Å²) in [5, 5.41) is 31.2. The Morgan fingerprint density at radius 3 is 2.57 bits per heavy atom. The number of carbonyl (C=O) groups excluding carboxylic acids is 2. The number of thioether (sulfide) groups is 1. The first-order valence-electron chi connectivity index (χ1n) is 12.6. The fraction of sp³-hybridized carbons (Fsp3) is 0.417. The lowest BCUT2D eigenvalue weighted by Gasteiger charge is -2.49. The van der Waals surface area contributed by atoms with Crippen LogP contribution in [0.25, 0.3) is 0 Å². The van der Waals surface area contributed by atoms with Gasteiger partial charge in [-0.2, -0.15) is 9.36 Å². The smallest absolute Gasteiger partial charge is 0.352 e. The van der Waals surface area contributed by atoms with Gasteiger partial charge in [-0.25, -0.2) is 14.2 Å². The number of aromatic nitrogens is 3. The third-order valence-corrected chi connectivity index (χ3v) is 8.14. The highest BCUT2D eigenvalue weighted by Gasteiger charge is 2.55. The largest absolute Gasteiger partial charge is 0.478 e. The van der Waals surface area contributed by atoms with E-state index in [-0.39, 0.29) is 23.2 Å². The molecular formula is C24H30N9O7S2+. The first-order chi connectivity index (χ1) is 19.9. The number of nitrogens with two attached hydrogens (primary N) is 1. The van der Waals surface area contributed by atoms with Crippen molar-refractivity contribution < 1.29 is 38.8 Å². The Balaban J connectivity index is 1.49. The molecule has 0 aliphatic carbocycles. The Morgan fingerprint density at radius 2 is 1.98 bits per heavy atom. The molecule has 4 heterocycles. The summed E-state index contributed by atoms with van der Waals surface area (Å²) in [6.07, 6.45) is 3.64. The summed E-state index contributed by atoms with van der Waals surface area (Å²) in [4.78, 5) is 60.2. The minimum atomic E-state index is -1.78. The zero-order chi connectivity index (χ0) is 30.6. The molecular weight excluding hydrogens is 590 g/mol. The molecule has 1 unspecified atom stereocenters. The number of β-lactam (4-membered cyclic amide) rings is 1. The highest BCUT2D eigenvalue weighted by molar-refractivity contribution is 8.00. The molecule has 0 saturated carbocycles. The number of oxime groups is 1. The number of rotatable bonds is 13. The van der Waals surface area contributed by atoms with Crippen LogP contribution in [0.5, 0.6) is 0 Å². The van der Waals surface area contributed by atoms with E-state index in [1.54, 1.807) is 0 Å². The first-order valence-corrected chi connectivity index (χ1v) is 14.4. The van der Waals surface area contributed by atoms with E-state index in [1.165, 1.54) is 25.6 Å². The minimum Gasteiger partial charge on any atom is -0.478 e. The third-order valence-electron chi connectivity index (χ3n) is 6.25. The van der Waals surface area contributed by atoms with Gasteiger partial charge in [0.1, 0.15) is 17.1 Å². The van der Waals surface area contributed by atoms with Crippen molar-refractivity contribution in [3.8, 4) is 0 Å². The Hall–Kier alpha value is -4.29. The van der Waals surface area contributed by atoms with Gasteiger partial charge in [-0.15, -0.1) is 11.8 Å². The van der Waals surface area contributed by atoms with Crippen molar-refractivity contribution in [2.75, 3.05) is 36.9 Å². The number of hydrogen-bond donors (Lipinski definition) is 6. The number of likely N-dealkylation sites (N-methyl/N-ethyl adjacent to an activating group) is 1. The van der Waals surface area contributed by atoms with E-state index in [4.69, 9.17) is 10.6 Å². The highest BCUT2D eigenvalue weighted by Crippen LogP contribution is 2.40. The van der Waals surface area contributed by atoms with Crippen molar-refractivity contribution >= 4 is 63.6 Å². The molecule has 2 atom stereocenters. The summed E-state index contributed by atoms with van der Waals surface area (Å²) in [5.41, 5.74) is 4.68. The Bertz CT molecular complexity index is 1440. The molecule has 4 rings (SSSR count). The number of pyridine rings is 1. The number of carboxylic acids is 2. The number of nitrogens with one attached hydrogen (secondary N) is 3. The van der Waals surface area contributed by atoms with Crippen molar-refractivity contribution in [2.24, 2.45) is 5.16 Å². The van der Waals surface area contributed by atoms with E-state index in [2.05, 4.69) is 30.5 Å². The van der Waals surface area contributed by atoms with Gasteiger partial charge in [0.15, 0.2) is 24.1 Å². The fourth-order valence-electron chi connectivity index (χ4n) is 3.96.